The molecule has 0 bridgehead atoms. The Morgan fingerprint density at radius 3 is 1.22 bits per heavy atom. The van der Waals surface area contributed by atoms with Crippen LogP contribution in [-0.2, 0) is 0 Å². The maximum Gasteiger partial charge on any atom is 0.122 e. The molecule has 0 amide bonds. The van der Waals surface area contributed by atoms with Gasteiger partial charge in [-0.15, -0.1) is 10.2 Å². The van der Waals surface area contributed by atoms with E-state index < -0.39 is 0 Å². The van der Waals surface area contributed by atoms with E-state index in [0.29, 0.717) is 0 Å². The summed E-state index contributed by atoms with van der Waals surface area (Å²) >= 11 is 0. The number of benzene rings is 4. The van der Waals surface area contributed by atoms with Gasteiger partial charge in [0, 0.05) is 20.9 Å². The zero-order chi connectivity index (χ0) is 24.2. The molecule has 1 aliphatic rings. The standard InChI is InChI=1S/C30H22N6/c1-19-11-3-9-17-25(19)35-29-23-15-7-5-13-21(23)28-30(24-16-8-6-14-22(24)27(29)31-33-35)36(34-32-28)26-18-10-4-12-20(26)2/h3-18H,1-2H3/b27-22+,28-21+,29-23+,30-24+. The van der Waals surface area contributed by atoms with Crippen LogP contribution in [0.25, 0.3) is 11.4 Å². The van der Waals surface area contributed by atoms with E-state index in [0.717, 1.165) is 64.8 Å². The van der Waals surface area contributed by atoms with E-state index in [9.17, 15) is 0 Å². The van der Waals surface area contributed by atoms with Gasteiger partial charge in [-0.2, -0.15) is 0 Å². The molecule has 0 aliphatic heterocycles. The topological polar surface area (TPSA) is 61.4 Å². The Morgan fingerprint density at radius 2 is 0.806 bits per heavy atom. The van der Waals surface area contributed by atoms with Crippen LogP contribution in [-0.4, -0.2) is 30.0 Å². The molecule has 0 radical (unpaired) electrons. The van der Waals surface area contributed by atoms with Gasteiger partial charge in [-0.1, -0.05) is 95.4 Å². The highest BCUT2D eigenvalue weighted by Gasteiger charge is 2.13. The first-order valence-corrected chi connectivity index (χ1v) is 12.0. The molecular formula is C30H22N6. The number of nitrogens with zero attached hydrogens (tertiary/aromatic N) is 6. The van der Waals surface area contributed by atoms with E-state index in [1.54, 1.807) is 0 Å². The largest absolute Gasteiger partial charge is 0.212 e. The monoisotopic (exact) mass is 466 g/mol. The summed E-state index contributed by atoms with van der Waals surface area (Å²) < 4.78 is 3.91. The van der Waals surface area contributed by atoms with Gasteiger partial charge >= 0.3 is 0 Å². The van der Waals surface area contributed by atoms with Crippen LogP contribution in [0.1, 0.15) is 11.1 Å². The minimum atomic E-state index is 0.837. The van der Waals surface area contributed by atoms with Crippen molar-refractivity contribution in [3.05, 3.63) is 150 Å². The van der Waals surface area contributed by atoms with Crippen molar-refractivity contribution in [3.63, 3.8) is 0 Å². The zero-order valence-corrected chi connectivity index (χ0v) is 19.9. The van der Waals surface area contributed by atoms with Gasteiger partial charge in [0.15, 0.2) is 0 Å². The van der Waals surface area contributed by atoms with Crippen LogP contribution in [0, 0.1) is 56.1 Å². The first-order chi connectivity index (χ1) is 17.7. The summed E-state index contributed by atoms with van der Waals surface area (Å²) in [6.07, 6.45) is 0. The van der Waals surface area contributed by atoms with Crippen molar-refractivity contribution in [3.8, 4) is 11.4 Å². The van der Waals surface area contributed by atoms with Crippen LogP contribution in [0.3, 0.4) is 0 Å². The smallest absolute Gasteiger partial charge is 0.122 e. The molecule has 0 atom stereocenters. The lowest BCUT2D eigenvalue weighted by atomic mass is 10.1. The van der Waals surface area contributed by atoms with Crippen LogP contribution in [0.4, 0.5) is 0 Å². The molecule has 1 aliphatic carbocycles. The predicted octanol–water partition coefficient (Wildman–Crippen LogP) is 4.93. The molecule has 36 heavy (non-hydrogen) atoms. The van der Waals surface area contributed by atoms with Crippen molar-refractivity contribution in [1.82, 2.24) is 30.0 Å². The molecule has 6 heteroatoms. The highest BCUT2D eigenvalue weighted by molar-refractivity contribution is 5.41. The van der Waals surface area contributed by atoms with Crippen LogP contribution in [0.15, 0.2) is 97.1 Å². The maximum absolute atomic E-state index is 4.76. The lowest BCUT2D eigenvalue weighted by Crippen LogP contribution is -2.02. The Balaban J connectivity index is 1.87. The van der Waals surface area contributed by atoms with Crippen molar-refractivity contribution in [2.75, 3.05) is 0 Å². The molecule has 0 spiro atoms. The summed E-state index contributed by atoms with van der Waals surface area (Å²) in [7, 11) is 0. The molecule has 0 unspecified atom stereocenters. The van der Waals surface area contributed by atoms with E-state index in [1.165, 1.54) is 0 Å². The second kappa shape index (κ2) is 7.85. The number of aryl methyl sites for hydroxylation is 2. The number of hydrogen-bond donors (Lipinski definition) is 0. The quantitative estimate of drug-likeness (QED) is 0.363. The van der Waals surface area contributed by atoms with Crippen molar-refractivity contribution in [1.29, 1.82) is 0 Å². The average Bonchev–Trinajstić information content (AvgIpc) is 3.53. The molecule has 172 valence electrons. The predicted molar refractivity (Wildman–Crippen MR) is 136 cm³/mol. The van der Waals surface area contributed by atoms with Gasteiger partial charge in [-0.3, -0.25) is 0 Å². The van der Waals surface area contributed by atoms with Crippen LogP contribution < -0.4 is 0 Å². The fraction of sp³-hybridized carbons (Fsp3) is 0.0667. The summed E-state index contributed by atoms with van der Waals surface area (Å²) in [6, 6.07) is 33.2. The third-order valence-electron chi connectivity index (χ3n) is 6.90. The Hall–Kier alpha value is -4.84. The fourth-order valence-corrected chi connectivity index (χ4v) is 5.14. The minimum Gasteiger partial charge on any atom is -0.212 e. The summed E-state index contributed by atoms with van der Waals surface area (Å²) in [5, 5.41) is 26.5. The van der Waals surface area contributed by atoms with E-state index in [4.69, 9.17) is 10.2 Å². The first kappa shape index (κ1) is 20.5. The molecule has 0 saturated heterocycles. The number of para-hydroxylation sites is 2. The van der Waals surface area contributed by atoms with Crippen LogP contribution >= 0.6 is 0 Å². The lowest BCUT2D eigenvalue weighted by molar-refractivity contribution is 0.780. The Labute approximate surface area is 205 Å². The van der Waals surface area contributed by atoms with Gasteiger partial charge in [0.2, 0.25) is 0 Å². The number of fused-ring (bicyclic) bond motifs is 4. The van der Waals surface area contributed by atoms with Crippen molar-refractivity contribution >= 4 is 0 Å². The van der Waals surface area contributed by atoms with Gasteiger partial charge < -0.3 is 0 Å². The summed E-state index contributed by atoms with van der Waals surface area (Å²) in [5.74, 6) is 0. The number of rotatable bonds is 2. The third-order valence-corrected chi connectivity index (χ3v) is 6.90. The maximum atomic E-state index is 4.76. The minimum absolute atomic E-state index is 0.837. The van der Waals surface area contributed by atoms with Gasteiger partial charge in [0.1, 0.15) is 21.4 Å². The highest BCUT2D eigenvalue weighted by atomic mass is 15.4. The number of hydrogen-bond acceptors (Lipinski definition) is 4. The second-order valence-corrected chi connectivity index (χ2v) is 9.06. The average molecular weight is 467 g/mol. The molecule has 4 aromatic carbocycles. The molecule has 7 rings (SSSR count). The molecule has 2 heterocycles. The van der Waals surface area contributed by atoms with Gasteiger partial charge in [-0.05, 0) is 37.1 Å². The molecular weight excluding hydrogens is 444 g/mol. The summed E-state index contributed by atoms with van der Waals surface area (Å²) in [4.78, 5) is 0. The fourth-order valence-electron chi connectivity index (χ4n) is 5.14. The van der Waals surface area contributed by atoms with E-state index in [2.05, 4.69) is 84.9 Å². The van der Waals surface area contributed by atoms with Crippen molar-refractivity contribution < 1.29 is 0 Å². The first-order valence-electron chi connectivity index (χ1n) is 12.0. The van der Waals surface area contributed by atoms with Crippen molar-refractivity contribution in [2.45, 2.75) is 13.8 Å². The van der Waals surface area contributed by atoms with Crippen LogP contribution in [0.2, 0.25) is 0 Å². The summed E-state index contributed by atoms with van der Waals surface area (Å²) in [6.45, 7) is 4.19. The Kier molecular flexibility index (Phi) is 4.48. The Morgan fingerprint density at radius 1 is 0.444 bits per heavy atom. The zero-order valence-electron chi connectivity index (χ0n) is 19.9. The van der Waals surface area contributed by atoms with Gasteiger partial charge in [0.25, 0.3) is 0 Å². The summed E-state index contributed by atoms with van der Waals surface area (Å²) in [5.41, 5.74) is 4.26. The third kappa shape index (κ3) is 2.91. The molecule has 6 aromatic rings. The highest BCUT2D eigenvalue weighted by Crippen LogP contribution is 2.18. The molecule has 6 nitrogen and oxygen atoms in total. The Bertz CT molecular complexity index is 2040. The lowest BCUT2D eigenvalue weighted by Gasteiger charge is -2.06. The van der Waals surface area contributed by atoms with E-state index in [-0.39, 0.29) is 0 Å². The molecule has 0 N–H and O–H groups in total. The van der Waals surface area contributed by atoms with Gasteiger partial charge in [-0.25, -0.2) is 9.36 Å². The normalized spacial score (nSPS) is 15.6. The van der Waals surface area contributed by atoms with Crippen molar-refractivity contribution in [2.24, 2.45) is 0 Å². The van der Waals surface area contributed by atoms with Crippen LogP contribution in [0.5, 0.6) is 0 Å². The second-order valence-electron chi connectivity index (χ2n) is 9.06. The molecule has 2 aromatic heterocycles. The molecule has 0 fully saturated rings. The SMILES string of the molecule is Cc1ccccc1-n1nnc2/c1=c1/cccc/c1=c1\nnn(-c3ccccc3C)\c1=c1/cccc/c1=2. The van der Waals surface area contributed by atoms with E-state index >= 15 is 0 Å². The number of aromatic nitrogens is 6. The van der Waals surface area contributed by atoms with E-state index in [1.807, 2.05) is 45.8 Å². The molecule has 0 saturated carbocycles. The van der Waals surface area contributed by atoms with Gasteiger partial charge in [0.05, 0.1) is 11.4 Å².